The Labute approximate surface area is 168 Å². The second-order valence-corrected chi connectivity index (χ2v) is 7.80. The lowest BCUT2D eigenvalue weighted by atomic mass is 10.2. The van der Waals surface area contributed by atoms with Crippen LogP contribution in [0, 0.1) is 6.92 Å². The van der Waals surface area contributed by atoms with Crippen LogP contribution in [0.15, 0.2) is 45.8 Å². The van der Waals surface area contributed by atoms with E-state index >= 15 is 0 Å². The van der Waals surface area contributed by atoms with Crippen LogP contribution in [0.2, 0.25) is 0 Å². The fraction of sp³-hybridized carbons (Fsp3) is 0.263. The zero-order chi connectivity index (χ0) is 21.0. The van der Waals surface area contributed by atoms with Gasteiger partial charge in [-0.2, -0.15) is 4.98 Å². The first-order valence-corrected chi connectivity index (χ1v) is 10.1. The highest BCUT2D eigenvalue weighted by Crippen LogP contribution is 2.31. The minimum absolute atomic E-state index is 0.121. The van der Waals surface area contributed by atoms with Gasteiger partial charge in [-0.25, -0.2) is 13.1 Å². The third-order valence-corrected chi connectivity index (χ3v) is 5.60. The molecule has 154 valence electrons. The summed E-state index contributed by atoms with van der Waals surface area (Å²) in [5.41, 5.74) is 1.36. The highest BCUT2D eigenvalue weighted by Gasteiger charge is 2.18. The van der Waals surface area contributed by atoms with Gasteiger partial charge in [0.15, 0.2) is 11.5 Å². The van der Waals surface area contributed by atoms with Gasteiger partial charge in [0.1, 0.15) is 5.75 Å². The van der Waals surface area contributed by atoms with E-state index < -0.39 is 10.0 Å². The molecule has 0 unspecified atom stereocenters. The van der Waals surface area contributed by atoms with Crippen molar-refractivity contribution in [1.82, 2.24) is 14.9 Å². The number of nitrogens with zero attached hydrogens (tertiary/aromatic N) is 2. The monoisotopic (exact) mass is 419 g/mol. The standard InChI is InChI=1S/C19H21N3O6S/c1-12-9-14(6-8-15(12)25-2)29(23,24)20-11-18-21-19(22-28-18)13-5-7-16(26-3)17(10-13)27-4/h5-10,20H,11H2,1-4H3. The molecule has 0 amide bonds. The average molecular weight is 419 g/mol. The van der Waals surface area contributed by atoms with Crippen LogP contribution in [0.4, 0.5) is 0 Å². The van der Waals surface area contributed by atoms with Crippen LogP contribution in [0.5, 0.6) is 17.2 Å². The predicted molar refractivity (Wildman–Crippen MR) is 105 cm³/mol. The Bertz CT molecular complexity index is 1110. The molecule has 0 radical (unpaired) electrons. The van der Waals surface area contributed by atoms with Crippen molar-refractivity contribution in [3.05, 3.63) is 47.9 Å². The molecule has 9 nitrogen and oxygen atoms in total. The Balaban J connectivity index is 1.74. The van der Waals surface area contributed by atoms with Crippen LogP contribution in [0.1, 0.15) is 11.5 Å². The minimum atomic E-state index is -3.75. The zero-order valence-electron chi connectivity index (χ0n) is 16.4. The van der Waals surface area contributed by atoms with Gasteiger partial charge in [0.25, 0.3) is 0 Å². The lowest BCUT2D eigenvalue weighted by molar-refractivity contribution is 0.355. The van der Waals surface area contributed by atoms with Crippen molar-refractivity contribution < 1.29 is 27.2 Å². The van der Waals surface area contributed by atoms with E-state index in [1.54, 1.807) is 38.3 Å². The van der Waals surface area contributed by atoms with E-state index in [0.29, 0.717) is 34.2 Å². The summed E-state index contributed by atoms with van der Waals surface area (Å²) < 4.78 is 48.3. The SMILES string of the molecule is COc1ccc(S(=O)(=O)NCc2nc(-c3ccc(OC)c(OC)c3)no2)cc1C. The Hall–Kier alpha value is -3.11. The normalized spacial score (nSPS) is 11.3. The van der Waals surface area contributed by atoms with Gasteiger partial charge in [0.2, 0.25) is 21.7 Å². The number of aromatic nitrogens is 2. The minimum Gasteiger partial charge on any atom is -0.496 e. The summed E-state index contributed by atoms with van der Waals surface area (Å²) in [6.07, 6.45) is 0. The third kappa shape index (κ3) is 4.49. The molecule has 1 heterocycles. The number of nitrogens with one attached hydrogen (secondary N) is 1. The molecular formula is C19H21N3O6S. The summed E-state index contributed by atoms with van der Waals surface area (Å²) in [5.74, 6) is 2.14. The molecule has 0 aliphatic rings. The topological polar surface area (TPSA) is 113 Å². The fourth-order valence-electron chi connectivity index (χ4n) is 2.68. The van der Waals surface area contributed by atoms with Crippen LogP contribution in [-0.4, -0.2) is 39.9 Å². The first-order chi connectivity index (χ1) is 13.9. The molecule has 0 aliphatic carbocycles. The van der Waals surface area contributed by atoms with Crippen molar-refractivity contribution in [2.75, 3.05) is 21.3 Å². The molecule has 0 bridgehead atoms. The van der Waals surface area contributed by atoms with Crippen LogP contribution < -0.4 is 18.9 Å². The van der Waals surface area contributed by atoms with Gasteiger partial charge >= 0.3 is 0 Å². The summed E-state index contributed by atoms with van der Waals surface area (Å²) in [6, 6.07) is 9.78. The van der Waals surface area contributed by atoms with E-state index in [4.69, 9.17) is 18.7 Å². The maximum Gasteiger partial charge on any atom is 0.242 e. The van der Waals surface area contributed by atoms with E-state index in [1.165, 1.54) is 26.4 Å². The first-order valence-electron chi connectivity index (χ1n) is 8.57. The van der Waals surface area contributed by atoms with E-state index in [1.807, 2.05) is 0 Å². The molecule has 0 spiro atoms. The van der Waals surface area contributed by atoms with Gasteiger partial charge in [-0.05, 0) is 48.9 Å². The quantitative estimate of drug-likeness (QED) is 0.593. The van der Waals surface area contributed by atoms with Crippen molar-refractivity contribution in [2.24, 2.45) is 0 Å². The zero-order valence-corrected chi connectivity index (χ0v) is 17.2. The van der Waals surface area contributed by atoms with E-state index in [2.05, 4.69) is 14.9 Å². The summed E-state index contributed by atoms with van der Waals surface area (Å²) in [4.78, 5) is 4.35. The summed E-state index contributed by atoms with van der Waals surface area (Å²) in [6.45, 7) is 1.62. The van der Waals surface area contributed by atoms with Crippen molar-refractivity contribution in [2.45, 2.75) is 18.4 Å². The van der Waals surface area contributed by atoms with Crippen LogP contribution >= 0.6 is 0 Å². The second-order valence-electron chi connectivity index (χ2n) is 6.04. The van der Waals surface area contributed by atoms with Gasteiger partial charge < -0.3 is 18.7 Å². The van der Waals surface area contributed by atoms with Gasteiger partial charge in [-0.3, -0.25) is 0 Å². The number of methoxy groups -OCH3 is 3. The lowest BCUT2D eigenvalue weighted by Crippen LogP contribution is -2.23. The Morgan fingerprint density at radius 3 is 2.31 bits per heavy atom. The molecule has 0 fully saturated rings. The third-order valence-electron chi connectivity index (χ3n) is 4.20. The highest BCUT2D eigenvalue weighted by molar-refractivity contribution is 7.89. The van der Waals surface area contributed by atoms with E-state index in [-0.39, 0.29) is 17.3 Å². The number of hydrogen-bond donors (Lipinski definition) is 1. The van der Waals surface area contributed by atoms with Crippen LogP contribution in [0.25, 0.3) is 11.4 Å². The summed E-state index contributed by atoms with van der Waals surface area (Å²) in [5, 5.41) is 3.89. The van der Waals surface area contributed by atoms with E-state index in [9.17, 15) is 8.42 Å². The van der Waals surface area contributed by atoms with E-state index in [0.717, 1.165) is 0 Å². The molecule has 0 saturated heterocycles. The van der Waals surface area contributed by atoms with Crippen LogP contribution in [-0.2, 0) is 16.6 Å². The Morgan fingerprint density at radius 1 is 0.966 bits per heavy atom. The van der Waals surface area contributed by atoms with Crippen molar-refractivity contribution in [3.63, 3.8) is 0 Å². The number of aryl methyl sites for hydroxylation is 1. The summed E-state index contributed by atoms with van der Waals surface area (Å²) >= 11 is 0. The van der Waals surface area contributed by atoms with Crippen LogP contribution in [0.3, 0.4) is 0 Å². The van der Waals surface area contributed by atoms with Gasteiger partial charge in [0.05, 0.1) is 32.8 Å². The van der Waals surface area contributed by atoms with Crippen molar-refractivity contribution in [1.29, 1.82) is 0 Å². The lowest BCUT2D eigenvalue weighted by Gasteiger charge is -2.08. The maximum atomic E-state index is 12.5. The molecule has 3 aromatic rings. The van der Waals surface area contributed by atoms with Crippen molar-refractivity contribution in [3.8, 4) is 28.6 Å². The van der Waals surface area contributed by atoms with Gasteiger partial charge in [-0.15, -0.1) is 0 Å². The molecule has 0 aliphatic heterocycles. The average Bonchev–Trinajstić information content (AvgIpc) is 3.21. The van der Waals surface area contributed by atoms with Crippen molar-refractivity contribution >= 4 is 10.0 Å². The molecule has 0 atom stereocenters. The number of ether oxygens (including phenoxy) is 3. The second kappa shape index (κ2) is 8.50. The smallest absolute Gasteiger partial charge is 0.242 e. The molecule has 1 aromatic heterocycles. The molecule has 29 heavy (non-hydrogen) atoms. The molecular weight excluding hydrogens is 398 g/mol. The number of hydrogen-bond acceptors (Lipinski definition) is 8. The Kier molecular flexibility index (Phi) is 6.04. The molecule has 0 saturated carbocycles. The fourth-order valence-corrected chi connectivity index (χ4v) is 3.74. The Morgan fingerprint density at radius 2 is 1.66 bits per heavy atom. The summed E-state index contributed by atoms with van der Waals surface area (Å²) in [7, 11) is 0.846. The first kappa shape index (κ1) is 20.6. The molecule has 1 N–H and O–H groups in total. The number of sulfonamides is 1. The van der Waals surface area contributed by atoms with Gasteiger partial charge in [0, 0.05) is 5.56 Å². The highest BCUT2D eigenvalue weighted by atomic mass is 32.2. The largest absolute Gasteiger partial charge is 0.496 e. The number of rotatable bonds is 8. The molecule has 10 heteroatoms. The predicted octanol–water partition coefficient (Wildman–Crippen LogP) is 2.55. The number of benzene rings is 2. The maximum absolute atomic E-state index is 12.5. The molecule has 3 rings (SSSR count). The van der Waals surface area contributed by atoms with Gasteiger partial charge in [-0.1, -0.05) is 5.16 Å². The molecule has 2 aromatic carbocycles.